The number of rotatable bonds is 6. The summed E-state index contributed by atoms with van der Waals surface area (Å²) in [6, 6.07) is 7.30. The molecule has 2 rings (SSSR count). The van der Waals surface area contributed by atoms with E-state index in [-0.39, 0.29) is 11.9 Å². The molecule has 1 fully saturated rings. The minimum Gasteiger partial charge on any atom is -0.465 e. The first-order valence-electron chi connectivity index (χ1n) is 7.63. The van der Waals surface area contributed by atoms with Crippen LogP contribution >= 0.6 is 0 Å². The van der Waals surface area contributed by atoms with Crippen molar-refractivity contribution in [3.8, 4) is 0 Å². The number of carbonyl (C=O) groups is 2. The molecule has 1 aliphatic rings. The number of hydrogen-bond acceptors (Lipinski definition) is 3. The van der Waals surface area contributed by atoms with Crippen LogP contribution in [0.1, 0.15) is 48.0 Å². The molecule has 0 radical (unpaired) electrons. The lowest BCUT2D eigenvalue weighted by molar-refractivity contribution is -0.121. The van der Waals surface area contributed by atoms with E-state index in [2.05, 4.69) is 10.1 Å². The normalized spacial score (nSPS) is 14.9. The van der Waals surface area contributed by atoms with Crippen molar-refractivity contribution in [2.45, 2.75) is 38.5 Å². The lowest BCUT2D eigenvalue weighted by Crippen LogP contribution is -2.27. The quantitative estimate of drug-likeness (QED) is 0.819. The monoisotopic (exact) mass is 289 g/mol. The Hall–Kier alpha value is -1.84. The molecule has 0 heterocycles. The smallest absolute Gasteiger partial charge is 0.337 e. The van der Waals surface area contributed by atoms with Gasteiger partial charge in [0.05, 0.1) is 12.7 Å². The second-order valence-electron chi connectivity index (χ2n) is 5.64. The summed E-state index contributed by atoms with van der Waals surface area (Å²) in [7, 11) is 1.37. The summed E-state index contributed by atoms with van der Waals surface area (Å²) in [5.74, 6) is 0.420. The molecule has 1 aromatic rings. The van der Waals surface area contributed by atoms with Gasteiger partial charge in [-0.3, -0.25) is 4.79 Å². The highest BCUT2D eigenvalue weighted by Gasteiger charge is 2.17. The highest BCUT2D eigenvalue weighted by molar-refractivity contribution is 5.89. The number of ether oxygens (including phenoxy) is 1. The van der Waals surface area contributed by atoms with Crippen LogP contribution in [-0.2, 0) is 16.0 Å². The van der Waals surface area contributed by atoms with Crippen LogP contribution in [0.15, 0.2) is 24.3 Å². The van der Waals surface area contributed by atoms with Crippen molar-refractivity contribution in [1.82, 2.24) is 5.32 Å². The highest BCUT2D eigenvalue weighted by atomic mass is 16.5. The lowest BCUT2D eigenvalue weighted by atomic mass is 10.0. The van der Waals surface area contributed by atoms with Crippen molar-refractivity contribution in [1.29, 1.82) is 0 Å². The third kappa shape index (κ3) is 4.88. The number of hydrogen-bond donors (Lipinski definition) is 1. The molecule has 0 spiro atoms. The Morgan fingerprint density at radius 2 is 1.86 bits per heavy atom. The number of methoxy groups -OCH3 is 1. The summed E-state index contributed by atoms with van der Waals surface area (Å²) >= 11 is 0. The number of carbonyl (C=O) groups excluding carboxylic acids is 2. The fraction of sp³-hybridized carbons (Fsp3) is 0.529. The molecule has 1 saturated carbocycles. The Labute approximate surface area is 125 Å². The molecule has 1 N–H and O–H groups in total. The van der Waals surface area contributed by atoms with Crippen molar-refractivity contribution in [3.63, 3.8) is 0 Å². The van der Waals surface area contributed by atoms with E-state index in [9.17, 15) is 9.59 Å². The van der Waals surface area contributed by atoms with Gasteiger partial charge in [0.2, 0.25) is 5.91 Å². The summed E-state index contributed by atoms with van der Waals surface area (Å²) in [5.41, 5.74) is 1.65. The molecule has 0 aromatic heterocycles. The summed E-state index contributed by atoms with van der Waals surface area (Å²) in [5, 5.41) is 2.98. The molecule has 0 bridgehead atoms. The zero-order chi connectivity index (χ0) is 15.1. The van der Waals surface area contributed by atoms with Gasteiger partial charge < -0.3 is 10.1 Å². The van der Waals surface area contributed by atoms with E-state index in [0.29, 0.717) is 24.4 Å². The van der Waals surface area contributed by atoms with Gasteiger partial charge in [-0.05, 0) is 42.9 Å². The Bertz CT molecular complexity index is 475. The first-order chi connectivity index (χ1) is 10.2. The molecular weight excluding hydrogens is 266 g/mol. The van der Waals surface area contributed by atoms with E-state index in [4.69, 9.17) is 0 Å². The fourth-order valence-corrected chi connectivity index (χ4v) is 2.82. The van der Waals surface area contributed by atoms with Gasteiger partial charge in [0.15, 0.2) is 0 Å². The van der Waals surface area contributed by atoms with Crippen LogP contribution in [0.3, 0.4) is 0 Å². The predicted octanol–water partition coefficient (Wildman–Crippen LogP) is 2.71. The maximum absolute atomic E-state index is 11.8. The van der Waals surface area contributed by atoms with Gasteiger partial charge in [0.25, 0.3) is 0 Å². The van der Waals surface area contributed by atoms with Gasteiger partial charge in [0, 0.05) is 13.0 Å². The van der Waals surface area contributed by atoms with Gasteiger partial charge in [-0.1, -0.05) is 25.0 Å². The standard InChI is InChI=1S/C17H23NO3/c1-21-17(20)15-8-6-13(7-9-15)10-11-18-16(19)12-14-4-2-3-5-14/h6-9,14H,2-5,10-12H2,1H3,(H,18,19). The molecule has 1 amide bonds. The molecule has 0 unspecified atom stereocenters. The Morgan fingerprint density at radius 1 is 1.19 bits per heavy atom. The van der Waals surface area contributed by atoms with E-state index in [1.54, 1.807) is 12.1 Å². The predicted molar refractivity (Wildman–Crippen MR) is 81.1 cm³/mol. The number of nitrogens with one attached hydrogen (secondary N) is 1. The fourth-order valence-electron chi connectivity index (χ4n) is 2.82. The average Bonchev–Trinajstić information content (AvgIpc) is 3.00. The van der Waals surface area contributed by atoms with E-state index in [0.717, 1.165) is 12.0 Å². The summed E-state index contributed by atoms with van der Waals surface area (Å²) in [6.45, 7) is 0.642. The number of esters is 1. The van der Waals surface area contributed by atoms with E-state index in [1.165, 1.54) is 32.8 Å². The van der Waals surface area contributed by atoms with Crippen molar-refractivity contribution in [3.05, 3.63) is 35.4 Å². The van der Waals surface area contributed by atoms with E-state index >= 15 is 0 Å². The molecule has 0 atom stereocenters. The molecule has 21 heavy (non-hydrogen) atoms. The molecule has 0 saturated heterocycles. The van der Waals surface area contributed by atoms with Gasteiger partial charge in [-0.25, -0.2) is 4.79 Å². The van der Waals surface area contributed by atoms with Crippen LogP contribution in [0.4, 0.5) is 0 Å². The molecule has 1 aliphatic carbocycles. The maximum atomic E-state index is 11.8. The minimum atomic E-state index is -0.327. The van der Waals surface area contributed by atoms with Gasteiger partial charge >= 0.3 is 5.97 Å². The van der Waals surface area contributed by atoms with Gasteiger partial charge in [0.1, 0.15) is 0 Å². The maximum Gasteiger partial charge on any atom is 0.337 e. The largest absolute Gasteiger partial charge is 0.465 e. The third-order valence-electron chi connectivity index (χ3n) is 4.06. The number of amides is 1. The lowest BCUT2D eigenvalue weighted by Gasteiger charge is -2.09. The van der Waals surface area contributed by atoms with E-state index < -0.39 is 0 Å². The van der Waals surface area contributed by atoms with Crippen LogP contribution in [0, 0.1) is 5.92 Å². The van der Waals surface area contributed by atoms with Crippen molar-refractivity contribution < 1.29 is 14.3 Å². The summed E-state index contributed by atoms with van der Waals surface area (Å²) in [4.78, 5) is 23.1. The zero-order valence-corrected chi connectivity index (χ0v) is 12.6. The first-order valence-corrected chi connectivity index (χ1v) is 7.63. The van der Waals surface area contributed by atoms with Crippen LogP contribution in [-0.4, -0.2) is 25.5 Å². The minimum absolute atomic E-state index is 0.160. The second kappa shape index (κ2) is 7.81. The summed E-state index contributed by atoms with van der Waals surface area (Å²) in [6.07, 6.45) is 6.37. The van der Waals surface area contributed by atoms with Crippen molar-refractivity contribution >= 4 is 11.9 Å². The Balaban J connectivity index is 1.70. The van der Waals surface area contributed by atoms with E-state index in [1.807, 2.05) is 12.1 Å². The molecule has 1 aromatic carbocycles. The van der Waals surface area contributed by atoms with Crippen LogP contribution in [0.2, 0.25) is 0 Å². The molecular formula is C17H23NO3. The van der Waals surface area contributed by atoms with Crippen LogP contribution in [0.5, 0.6) is 0 Å². The Morgan fingerprint density at radius 3 is 2.48 bits per heavy atom. The average molecular weight is 289 g/mol. The molecule has 114 valence electrons. The van der Waals surface area contributed by atoms with Crippen LogP contribution < -0.4 is 5.32 Å². The zero-order valence-electron chi connectivity index (χ0n) is 12.6. The van der Waals surface area contributed by atoms with Crippen LogP contribution in [0.25, 0.3) is 0 Å². The molecule has 4 nitrogen and oxygen atoms in total. The SMILES string of the molecule is COC(=O)c1ccc(CCNC(=O)CC2CCCC2)cc1. The third-order valence-corrected chi connectivity index (χ3v) is 4.06. The molecule has 4 heteroatoms. The number of benzene rings is 1. The van der Waals surface area contributed by atoms with Gasteiger partial charge in [-0.15, -0.1) is 0 Å². The first kappa shape index (κ1) is 15.5. The topological polar surface area (TPSA) is 55.4 Å². The summed E-state index contributed by atoms with van der Waals surface area (Å²) < 4.78 is 4.66. The van der Waals surface area contributed by atoms with Gasteiger partial charge in [-0.2, -0.15) is 0 Å². The highest BCUT2D eigenvalue weighted by Crippen LogP contribution is 2.27. The van der Waals surface area contributed by atoms with Crippen molar-refractivity contribution in [2.75, 3.05) is 13.7 Å². The second-order valence-corrected chi connectivity index (χ2v) is 5.64. The van der Waals surface area contributed by atoms with Crippen molar-refractivity contribution in [2.24, 2.45) is 5.92 Å². The molecule has 0 aliphatic heterocycles. The Kier molecular flexibility index (Phi) is 5.78.